The molecule has 2 rings (SSSR count). The Bertz CT molecular complexity index is 585. The summed E-state index contributed by atoms with van der Waals surface area (Å²) in [5, 5.41) is 2.77. The highest BCUT2D eigenvalue weighted by atomic mass is 32.1. The summed E-state index contributed by atoms with van der Waals surface area (Å²) >= 11 is 1.17. The second-order valence-electron chi connectivity index (χ2n) is 3.77. The summed E-state index contributed by atoms with van der Waals surface area (Å²) in [6.07, 6.45) is 0.894. The van der Waals surface area contributed by atoms with Gasteiger partial charge in [0.25, 0.3) is 0 Å². The standard InChI is InChI=1S/C12H14N2O2S/c1-2-7-13-11(15)8-14-9-5-3-4-6-10(9)17-12(14)16/h3-6H,2,7-8H2,1H3,(H,13,15). The molecule has 1 N–H and O–H groups in total. The smallest absolute Gasteiger partial charge is 0.308 e. The number of nitrogens with one attached hydrogen (secondary N) is 1. The second-order valence-corrected chi connectivity index (χ2v) is 4.76. The van der Waals surface area contributed by atoms with Crippen LogP contribution in [0.25, 0.3) is 10.2 Å². The van der Waals surface area contributed by atoms with Gasteiger partial charge in [-0.15, -0.1) is 0 Å². The van der Waals surface area contributed by atoms with E-state index in [0.29, 0.717) is 6.54 Å². The average Bonchev–Trinajstić information content (AvgIpc) is 2.64. The summed E-state index contributed by atoms with van der Waals surface area (Å²) in [6, 6.07) is 7.51. The largest absolute Gasteiger partial charge is 0.355 e. The Morgan fingerprint density at radius 1 is 1.41 bits per heavy atom. The first-order valence-electron chi connectivity index (χ1n) is 5.57. The summed E-state index contributed by atoms with van der Waals surface area (Å²) in [7, 11) is 0. The first-order valence-corrected chi connectivity index (χ1v) is 6.39. The maximum Gasteiger partial charge on any atom is 0.308 e. The Labute approximate surface area is 103 Å². The molecule has 4 nitrogen and oxygen atoms in total. The Morgan fingerprint density at radius 2 is 2.18 bits per heavy atom. The zero-order valence-corrected chi connectivity index (χ0v) is 10.4. The Hall–Kier alpha value is -1.62. The van der Waals surface area contributed by atoms with E-state index in [0.717, 1.165) is 16.6 Å². The van der Waals surface area contributed by atoms with Crippen molar-refractivity contribution >= 4 is 27.5 Å². The van der Waals surface area contributed by atoms with E-state index >= 15 is 0 Å². The minimum absolute atomic E-state index is 0.0853. The van der Waals surface area contributed by atoms with Gasteiger partial charge in [-0.2, -0.15) is 0 Å². The van der Waals surface area contributed by atoms with Crippen LogP contribution < -0.4 is 10.2 Å². The fourth-order valence-corrected chi connectivity index (χ4v) is 2.52. The zero-order chi connectivity index (χ0) is 12.3. The molecule has 1 heterocycles. The summed E-state index contributed by atoms with van der Waals surface area (Å²) < 4.78 is 2.44. The fraction of sp³-hybridized carbons (Fsp3) is 0.333. The maximum atomic E-state index is 11.7. The van der Waals surface area contributed by atoms with Crippen LogP contribution in [0.5, 0.6) is 0 Å². The molecule has 2 aromatic rings. The van der Waals surface area contributed by atoms with Crippen molar-refractivity contribution in [3.63, 3.8) is 0 Å². The van der Waals surface area contributed by atoms with Gasteiger partial charge in [-0.25, -0.2) is 0 Å². The number of carbonyl (C=O) groups is 1. The van der Waals surface area contributed by atoms with Gasteiger partial charge in [-0.1, -0.05) is 30.4 Å². The average molecular weight is 250 g/mol. The van der Waals surface area contributed by atoms with Crippen LogP contribution in [0.4, 0.5) is 0 Å². The number of fused-ring (bicyclic) bond motifs is 1. The van der Waals surface area contributed by atoms with Crippen molar-refractivity contribution in [1.82, 2.24) is 9.88 Å². The number of hydrogen-bond acceptors (Lipinski definition) is 3. The predicted octanol–water partition coefficient (Wildman–Crippen LogP) is 1.59. The molecule has 0 fully saturated rings. The van der Waals surface area contributed by atoms with E-state index < -0.39 is 0 Å². The van der Waals surface area contributed by atoms with Crippen molar-refractivity contribution in [3.05, 3.63) is 33.9 Å². The SMILES string of the molecule is CCCNC(=O)Cn1c(=O)sc2ccccc21. The number of carbonyl (C=O) groups excluding carboxylic acids is 1. The second kappa shape index (κ2) is 5.14. The first-order chi connectivity index (χ1) is 8.22. The summed E-state index contributed by atoms with van der Waals surface area (Å²) in [5.41, 5.74) is 0.828. The topological polar surface area (TPSA) is 51.1 Å². The summed E-state index contributed by atoms with van der Waals surface area (Å²) in [5.74, 6) is -0.113. The van der Waals surface area contributed by atoms with Crippen LogP contribution >= 0.6 is 11.3 Å². The molecule has 17 heavy (non-hydrogen) atoms. The lowest BCUT2D eigenvalue weighted by Gasteiger charge is -2.04. The van der Waals surface area contributed by atoms with E-state index in [4.69, 9.17) is 0 Å². The third kappa shape index (κ3) is 2.55. The molecule has 0 saturated carbocycles. The van der Waals surface area contributed by atoms with Crippen molar-refractivity contribution in [3.8, 4) is 0 Å². The highest BCUT2D eigenvalue weighted by molar-refractivity contribution is 7.16. The van der Waals surface area contributed by atoms with Crippen LogP contribution in [0.15, 0.2) is 29.1 Å². The van der Waals surface area contributed by atoms with Gasteiger partial charge in [0.05, 0.1) is 10.2 Å². The van der Waals surface area contributed by atoms with Crippen molar-refractivity contribution in [2.45, 2.75) is 19.9 Å². The maximum absolute atomic E-state index is 11.7. The monoisotopic (exact) mass is 250 g/mol. The molecule has 0 unspecified atom stereocenters. The van der Waals surface area contributed by atoms with Crippen LogP contribution in [0, 0.1) is 0 Å². The van der Waals surface area contributed by atoms with Crippen molar-refractivity contribution in [2.75, 3.05) is 6.54 Å². The molecular weight excluding hydrogens is 236 g/mol. The van der Waals surface area contributed by atoms with Crippen LogP contribution in [0.2, 0.25) is 0 Å². The van der Waals surface area contributed by atoms with Crippen LogP contribution in [-0.4, -0.2) is 17.0 Å². The van der Waals surface area contributed by atoms with Crippen LogP contribution in [-0.2, 0) is 11.3 Å². The van der Waals surface area contributed by atoms with Crippen LogP contribution in [0.3, 0.4) is 0 Å². The lowest BCUT2D eigenvalue weighted by atomic mass is 10.3. The molecule has 90 valence electrons. The Balaban J connectivity index is 2.26. The summed E-state index contributed by atoms with van der Waals surface area (Å²) in [4.78, 5) is 23.3. The van der Waals surface area contributed by atoms with E-state index in [2.05, 4.69) is 5.32 Å². The third-order valence-electron chi connectivity index (χ3n) is 2.45. The minimum Gasteiger partial charge on any atom is -0.355 e. The van der Waals surface area contributed by atoms with Crippen molar-refractivity contribution in [2.24, 2.45) is 0 Å². The molecular formula is C12H14N2O2S. The van der Waals surface area contributed by atoms with Gasteiger partial charge in [0.15, 0.2) is 0 Å². The number of benzene rings is 1. The molecule has 1 aromatic heterocycles. The van der Waals surface area contributed by atoms with Crippen molar-refractivity contribution in [1.29, 1.82) is 0 Å². The van der Waals surface area contributed by atoms with Gasteiger partial charge in [0.2, 0.25) is 5.91 Å². The van der Waals surface area contributed by atoms with Gasteiger partial charge in [0.1, 0.15) is 6.54 Å². The molecule has 0 radical (unpaired) electrons. The highest BCUT2D eigenvalue weighted by Crippen LogP contribution is 2.15. The van der Waals surface area contributed by atoms with E-state index in [9.17, 15) is 9.59 Å². The van der Waals surface area contributed by atoms with Gasteiger partial charge >= 0.3 is 4.87 Å². The van der Waals surface area contributed by atoms with E-state index in [1.54, 1.807) is 0 Å². The Kier molecular flexibility index (Phi) is 3.58. The normalized spacial score (nSPS) is 10.6. The van der Waals surface area contributed by atoms with Gasteiger partial charge in [0, 0.05) is 6.54 Å². The quantitative estimate of drug-likeness (QED) is 0.896. The number of rotatable bonds is 4. The number of thiazole rings is 1. The van der Waals surface area contributed by atoms with Crippen LogP contribution in [0.1, 0.15) is 13.3 Å². The first kappa shape index (κ1) is 11.9. The number of hydrogen-bond donors (Lipinski definition) is 1. The van der Waals surface area contributed by atoms with Gasteiger partial charge in [-0.3, -0.25) is 14.2 Å². The molecule has 0 spiro atoms. The molecule has 0 aliphatic rings. The molecule has 1 aromatic carbocycles. The third-order valence-corrected chi connectivity index (χ3v) is 3.41. The van der Waals surface area contributed by atoms with E-state index in [1.807, 2.05) is 31.2 Å². The number of nitrogens with zero attached hydrogens (tertiary/aromatic N) is 1. The number of para-hydroxylation sites is 1. The molecule has 0 atom stereocenters. The fourth-order valence-electron chi connectivity index (χ4n) is 1.63. The molecule has 0 saturated heterocycles. The van der Waals surface area contributed by atoms with Gasteiger partial charge < -0.3 is 5.32 Å². The number of amides is 1. The molecule has 1 amide bonds. The summed E-state index contributed by atoms with van der Waals surface area (Å²) in [6.45, 7) is 2.74. The number of aromatic nitrogens is 1. The molecule has 5 heteroatoms. The highest BCUT2D eigenvalue weighted by Gasteiger charge is 2.09. The molecule has 0 bridgehead atoms. The lowest BCUT2D eigenvalue weighted by Crippen LogP contribution is -2.30. The van der Waals surface area contributed by atoms with Gasteiger partial charge in [-0.05, 0) is 18.6 Å². The zero-order valence-electron chi connectivity index (χ0n) is 9.60. The van der Waals surface area contributed by atoms with Crippen molar-refractivity contribution < 1.29 is 4.79 Å². The Morgan fingerprint density at radius 3 is 2.94 bits per heavy atom. The predicted molar refractivity (Wildman–Crippen MR) is 69.4 cm³/mol. The van der Waals surface area contributed by atoms with E-state index in [1.165, 1.54) is 15.9 Å². The lowest BCUT2D eigenvalue weighted by molar-refractivity contribution is -0.121. The van der Waals surface area contributed by atoms with E-state index in [-0.39, 0.29) is 17.3 Å². The minimum atomic E-state index is -0.113. The molecule has 0 aliphatic carbocycles. The molecule has 0 aliphatic heterocycles.